The molecule has 1 amide bonds. The molecule has 0 bridgehead atoms. The molecule has 0 radical (unpaired) electrons. The van der Waals surface area contributed by atoms with Gasteiger partial charge in [-0.15, -0.1) is 0 Å². The lowest BCUT2D eigenvalue weighted by molar-refractivity contribution is -0.116. The van der Waals surface area contributed by atoms with Crippen LogP contribution in [0.5, 0.6) is 0 Å². The SMILES string of the molecule is Cc1nnc(-c2cc(Cl)ccc2F)cc1Nc1ccnc(NC(=O)CCN2CCC(F)(F)CC2)c1. The molecule has 1 aliphatic heterocycles. The molecule has 2 aromatic heterocycles. The summed E-state index contributed by atoms with van der Waals surface area (Å²) in [5.74, 6) is -2.99. The Morgan fingerprint density at radius 2 is 1.91 bits per heavy atom. The van der Waals surface area contributed by atoms with E-state index in [1.54, 1.807) is 25.1 Å². The van der Waals surface area contributed by atoms with E-state index in [1.165, 1.54) is 24.4 Å². The molecule has 7 nitrogen and oxygen atoms in total. The highest BCUT2D eigenvalue weighted by atomic mass is 35.5. The molecule has 0 atom stereocenters. The number of nitrogens with zero attached hydrogens (tertiary/aromatic N) is 4. The Balaban J connectivity index is 1.39. The number of carbonyl (C=O) groups is 1. The Bertz CT molecular complexity index is 1220. The largest absolute Gasteiger partial charge is 0.354 e. The summed E-state index contributed by atoms with van der Waals surface area (Å²) in [6.45, 7) is 2.72. The van der Waals surface area contributed by atoms with Crippen molar-refractivity contribution >= 4 is 34.7 Å². The van der Waals surface area contributed by atoms with E-state index in [1.807, 2.05) is 4.90 Å². The van der Waals surface area contributed by atoms with Crippen LogP contribution in [0.15, 0.2) is 42.6 Å². The van der Waals surface area contributed by atoms with Crippen molar-refractivity contribution in [3.63, 3.8) is 0 Å². The van der Waals surface area contributed by atoms with Gasteiger partial charge in [-0.1, -0.05) is 11.6 Å². The highest BCUT2D eigenvalue weighted by molar-refractivity contribution is 6.30. The van der Waals surface area contributed by atoms with Crippen LogP contribution in [0.25, 0.3) is 11.3 Å². The number of aromatic nitrogens is 3. The molecule has 4 rings (SSSR count). The summed E-state index contributed by atoms with van der Waals surface area (Å²) in [5, 5.41) is 14.5. The third-order valence-electron chi connectivity index (χ3n) is 5.73. The number of hydrogen-bond donors (Lipinski definition) is 2. The van der Waals surface area contributed by atoms with Crippen LogP contribution in [0.3, 0.4) is 0 Å². The number of aryl methyl sites for hydroxylation is 1. The number of carbonyl (C=O) groups excluding carboxylic acids is 1. The topological polar surface area (TPSA) is 83.0 Å². The summed E-state index contributed by atoms with van der Waals surface area (Å²) in [4.78, 5) is 18.4. The van der Waals surface area contributed by atoms with E-state index in [0.29, 0.717) is 40.1 Å². The summed E-state index contributed by atoms with van der Waals surface area (Å²) in [7, 11) is 0. The molecule has 2 N–H and O–H groups in total. The molecule has 35 heavy (non-hydrogen) atoms. The Hall–Kier alpha value is -3.24. The van der Waals surface area contributed by atoms with Gasteiger partial charge in [0.05, 0.1) is 17.1 Å². The Morgan fingerprint density at radius 3 is 2.69 bits per heavy atom. The molecule has 184 valence electrons. The number of amides is 1. The number of pyridine rings is 1. The van der Waals surface area contributed by atoms with Crippen molar-refractivity contribution in [2.75, 3.05) is 30.3 Å². The van der Waals surface area contributed by atoms with Crippen molar-refractivity contribution < 1.29 is 18.0 Å². The van der Waals surface area contributed by atoms with Crippen molar-refractivity contribution in [2.45, 2.75) is 32.1 Å². The second-order valence-corrected chi connectivity index (χ2v) is 8.84. The van der Waals surface area contributed by atoms with Crippen molar-refractivity contribution in [3.8, 4) is 11.3 Å². The van der Waals surface area contributed by atoms with Crippen LogP contribution in [0.2, 0.25) is 5.02 Å². The van der Waals surface area contributed by atoms with E-state index >= 15 is 0 Å². The lowest BCUT2D eigenvalue weighted by Crippen LogP contribution is -2.40. The fourth-order valence-electron chi connectivity index (χ4n) is 3.71. The molecular formula is C24H24ClF3N6O. The molecule has 0 aliphatic carbocycles. The maximum Gasteiger partial charge on any atom is 0.250 e. The normalized spacial score (nSPS) is 15.6. The highest BCUT2D eigenvalue weighted by Gasteiger charge is 2.33. The first-order valence-corrected chi connectivity index (χ1v) is 11.5. The molecule has 3 heterocycles. The lowest BCUT2D eigenvalue weighted by atomic mass is 10.1. The van der Waals surface area contributed by atoms with Crippen molar-refractivity contribution in [3.05, 3.63) is 59.1 Å². The second kappa shape index (κ2) is 10.6. The number of hydrogen-bond acceptors (Lipinski definition) is 6. The minimum Gasteiger partial charge on any atom is -0.354 e. The summed E-state index contributed by atoms with van der Waals surface area (Å²) in [6.07, 6.45) is 1.34. The standard InChI is InChI=1S/C24H24ClF3N6O/c1-15-20(14-21(33-32-15)18-12-16(25)2-3-19(18)26)30-17-4-8-29-22(13-17)31-23(35)5-9-34-10-6-24(27,28)7-11-34/h2-4,8,12-14H,5-7,9-11H2,1H3,(H2,29,30,31,33,35). The third kappa shape index (κ3) is 6.67. The fourth-order valence-corrected chi connectivity index (χ4v) is 3.88. The molecule has 3 aromatic rings. The number of benzene rings is 1. The maximum atomic E-state index is 14.3. The Kier molecular flexibility index (Phi) is 7.51. The predicted octanol–water partition coefficient (Wildman–Crippen LogP) is 5.44. The van der Waals surface area contributed by atoms with E-state index in [2.05, 4.69) is 25.8 Å². The van der Waals surface area contributed by atoms with Gasteiger partial charge in [0, 0.05) is 67.4 Å². The monoisotopic (exact) mass is 504 g/mol. The summed E-state index contributed by atoms with van der Waals surface area (Å²) >= 11 is 6.00. The summed E-state index contributed by atoms with van der Waals surface area (Å²) in [5.41, 5.74) is 2.36. The summed E-state index contributed by atoms with van der Waals surface area (Å²) < 4.78 is 40.8. The maximum absolute atomic E-state index is 14.3. The van der Waals surface area contributed by atoms with Crippen LogP contribution < -0.4 is 10.6 Å². The molecule has 1 saturated heterocycles. The van der Waals surface area contributed by atoms with E-state index in [-0.39, 0.29) is 43.8 Å². The molecule has 11 heteroatoms. The van der Waals surface area contributed by atoms with Crippen molar-refractivity contribution in [2.24, 2.45) is 0 Å². The van der Waals surface area contributed by atoms with Crippen LogP contribution in [0.1, 0.15) is 25.0 Å². The van der Waals surface area contributed by atoms with Gasteiger partial charge in [-0.2, -0.15) is 10.2 Å². The Morgan fingerprint density at radius 1 is 1.14 bits per heavy atom. The van der Waals surface area contributed by atoms with Gasteiger partial charge >= 0.3 is 0 Å². The van der Waals surface area contributed by atoms with Gasteiger partial charge in [-0.05, 0) is 37.3 Å². The number of halogens is 4. The average molecular weight is 505 g/mol. The van der Waals surface area contributed by atoms with Gasteiger partial charge in [0.15, 0.2) is 0 Å². The zero-order chi connectivity index (χ0) is 25.0. The third-order valence-corrected chi connectivity index (χ3v) is 5.97. The second-order valence-electron chi connectivity index (χ2n) is 8.40. The van der Waals surface area contributed by atoms with Gasteiger partial charge in [0.2, 0.25) is 5.91 Å². The van der Waals surface area contributed by atoms with E-state index in [9.17, 15) is 18.0 Å². The van der Waals surface area contributed by atoms with Gasteiger partial charge in [0.25, 0.3) is 5.92 Å². The van der Waals surface area contributed by atoms with Crippen molar-refractivity contribution in [1.29, 1.82) is 0 Å². The van der Waals surface area contributed by atoms with Crippen LogP contribution in [-0.4, -0.2) is 51.5 Å². The minimum absolute atomic E-state index is 0.173. The number of alkyl halides is 2. The predicted molar refractivity (Wildman–Crippen MR) is 129 cm³/mol. The first kappa shape index (κ1) is 24.9. The van der Waals surface area contributed by atoms with E-state index in [0.717, 1.165) is 0 Å². The quantitative estimate of drug-likeness (QED) is 0.445. The number of piperidine rings is 1. The molecule has 0 saturated carbocycles. The summed E-state index contributed by atoms with van der Waals surface area (Å²) in [6, 6.07) is 9.24. The first-order valence-electron chi connectivity index (χ1n) is 11.1. The van der Waals surface area contributed by atoms with Gasteiger partial charge < -0.3 is 15.5 Å². The van der Waals surface area contributed by atoms with Gasteiger partial charge in [-0.3, -0.25) is 4.79 Å². The molecule has 1 aliphatic rings. The van der Waals surface area contributed by atoms with Crippen LogP contribution in [-0.2, 0) is 4.79 Å². The van der Waals surface area contributed by atoms with Gasteiger partial charge in [0.1, 0.15) is 11.6 Å². The van der Waals surface area contributed by atoms with Gasteiger partial charge in [-0.25, -0.2) is 18.2 Å². The number of likely N-dealkylation sites (tertiary alicyclic amines) is 1. The number of rotatable bonds is 7. The smallest absolute Gasteiger partial charge is 0.250 e. The Labute approximate surface area is 205 Å². The average Bonchev–Trinajstić information content (AvgIpc) is 2.82. The zero-order valence-electron chi connectivity index (χ0n) is 19.0. The van der Waals surface area contributed by atoms with Crippen molar-refractivity contribution in [1.82, 2.24) is 20.1 Å². The fraction of sp³-hybridized carbons (Fsp3) is 0.333. The minimum atomic E-state index is -2.61. The molecule has 1 aromatic carbocycles. The lowest BCUT2D eigenvalue weighted by Gasteiger charge is -2.31. The molecule has 1 fully saturated rings. The zero-order valence-corrected chi connectivity index (χ0v) is 19.7. The van der Waals surface area contributed by atoms with Crippen LogP contribution in [0, 0.1) is 12.7 Å². The van der Waals surface area contributed by atoms with Crippen LogP contribution >= 0.6 is 11.6 Å². The first-order chi connectivity index (χ1) is 16.7. The highest BCUT2D eigenvalue weighted by Crippen LogP contribution is 2.29. The molecule has 0 unspecified atom stereocenters. The molecule has 0 spiro atoms. The number of anilines is 3. The van der Waals surface area contributed by atoms with Crippen LogP contribution in [0.4, 0.5) is 30.4 Å². The van der Waals surface area contributed by atoms with E-state index < -0.39 is 11.7 Å². The van der Waals surface area contributed by atoms with E-state index in [4.69, 9.17) is 11.6 Å². The number of nitrogens with one attached hydrogen (secondary N) is 2. The molecular weight excluding hydrogens is 481 g/mol.